The molecule has 0 bridgehead atoms. The molecule has 1 aliphatic carbocycles. The molecule has 0 radical (unpaired) electrons. The van der Waals surface area contributed by atoms with Crippen LogP contribution in [-0.4, -0.2) is 24.7 Å². The second-order valence-corrected chi connectivity index (χ2v) is 6.53. The third-order valence-corrected chi connectivity index (χ3v) is 5.38. The summed E-state index contributed by atoms with van der Waals surface area (Å²) in [7, 11) is 1.40. The van der Waals surface area contributed by atoms with E-state index in [9.17, 15) is 4.79 Å². The van der Waals surface area contributed by atoms with E-state index in [-0.39, 0.29) is 11.6 Å². The van der Waals surface area contributed by atoms with E-state index in [1.807, 2.05) is 13.8 Å². The molecule has 0 aromatic carbocycles. The highest BCUT2D eigenvalue weighted by molar-refractivity contribution is 7.13. The molecule has 4 nitrogen and oxygen atoms in total. The van der Waals surface area contributed by atoms with E-state index in [1.54, 1.807) is 0 Å². The number of rotatable bonds is 4. The van der Waals surface area contributed by atoms with Crippen LogP contribution in [0.25, 0.3) is 0 Å². The topological polar surface area (TPSA) is 48.4 Å². The summed E-state index contributed by atoms with van der Waals surface area (Å²) in [5.74, 6) is 0.437. The Bertz CT molecular complexity index is 475. The molecule has 0 atom stereocenters. The maximum Gasteiger partial charge on any atom is 0.349 e. The Kier molecular flexibility index (Phi) is 4.81. The van der Waals surface area contributed by atoms with Crippen molar-refractivity contribution in [3.63, 3.8) is 0 Å². The second-order valence-electron chi connectivity index (χ2n) is 5.53. The number of aromatic nitrogens is 1. The molecular formula is C15H23NO3S. The largest absolute Gasteiger partial charge is 0.465 e. The van der Waals surface area contributed by atoms with E-state index in [0.29, 0.717) is 11.5 Å². The highest BCUT2D eigenvalue weighted by Crippen LogP contribution is 2.44. The van der Waals surface area contributed by atoms with Crippen LogP contribution in [0.3, 0.4) is 0 Å². The maximum absolute atomic E-state index is 11.8. The molecule has 112 valence electrons. The van der Waals surface area contributed by atoms with Crippen molar-refractivity contribution in [1.29, 1.82) is 0 Å². The zero-order chi connectivity index (χ0) is 14.8. The van der Waals surface area contributed by atoms with Crippen LogP contribution < -0.4 is 0 Å². The summed E-state index contributed by atoms with van der Waals surface area (Å²) in [6.07, 6.45) is 4.25. The van der Waals surface area contributed by atoms with Gasteiger partial charge in [-0.15, -0.1) is 11.3 Å². The van der Waals surface area contributed by atoms with E-state index in [0.717, 1.165) is 42.3 Å². The number of thiazole rings is 1. The van der Waals surface area contributed by atoms with Gasteiger partial charge in [-0.2, -0.15) is 0 Å². The fourth-order valence-corrected chi connectivity index (χ4v) is 3.98. The molecule has 1 aliphatic rings. The predicted octanol–water partition coefficient (Wildman–Crippen LogP) is 3.68. The minimum absolute atomic E-state index is 0.303. The molecule has 1 saturated carbocycles. The van der Waals surface area contributed by atoms with Crippen LogP contribution in [0.2, 0.25) is 0 Å². The molecule has 1 aromatic heterocycles. The smallest absolute Gasteiger partial charge is 0.349 e. The molecule has 0 unspecified atom stereocenters. The summed E-state index contributed by atoms with van der Waals surface area (Å²) in [6, 6.07) is 0. The van der Waals surface area contributed by atoms with E-state index >= 15 is 0 Å². The first-order valence-corrected chi connectivity index (χ1v) is 8.04. The lowest BCUT2D eigenvalue weighted by Crippen LogP contribution is -2.34. The first-order chi connectivity index (χ1) is 9.52. The van der Waals surface area contributed by atoms with Crippen molar-refractivity contribution in [3.8, 4) is 0 Å². The van der Waals surface area contributed by atoms with Crippen LogP contribution in [-0.2, 0) is 15.1 Å². The Morgan fingerprint density at radius 3 is 2.65 bits per heavy atom. The number of nitrogens with zero attached hydrogens (tertiary/aromatic N) is 1. The molecular weight excluding hydrogens is 274 g/mol. The maximum atomic E-state index is 11.8. The quantitative estimate of drug-likeness (QED) is 0.795. The average Bonchev–Trinajstić information content (AvgIpc) is 2.84. The zero-order valence-corrected chi connectivity index (χ0v) is 13.5. The van der Waals surface area contributed by atoms with Gasteiger partial charge in [-0.3, -0.25) is 0 Å². The van der Waals surface area contributed by atoms with Crippen molar-refractivity contribution in [2.75, 3.05) is 13.7 Å². The Morgan fingerprint density at radius 2 is 2.10 bits per heavy atom. The van der Waals surface area contributed by atoms with Crippen LogP contribution >= 0.6 is 11.3 Å². The number of hydrogen-bond donors (Lipinski definition) is 0. The van der Waals surface area contributed by atoms with Gasteiger partial charge in [-0.05, 0) is 45.4 Å². The molecule has 1 aromatic rings. The van der Waals surface area contributed by atoms with Crippen molar-refractivity contribution in [1.82, 2.24) is 4.98 Å². The molecule has 20 heavy (non-hydrogen) atoms. The third-order valence-electron chi connectivity index (χ3n) is 4.06. The van der Waals surface area contributed by atoms with Crippen molar-refractivity contribution >= 4 is 17.3 Å². The molecule has 5 heteroatoms. The Hall–Kier alpha value is -0.940. The molecule has 0 saturated heterocycles. The fourth-order valence-electron chi connectivity index (χ4n) is 2.80. The van der Waals surface area contributed by atoms with Crippen molar-refractivity contribution in [2.24, 2.45) is 5.92 Å². The number of ether oxygens (including phenoxy) is 2. The Labute approximate surface area is 124 Å². The molecule has 0 spiro atoms. The molecule has 1 fully saturated rings. The molecule has 0 N–H and O–H groups in total. The lowest BCUT2D eigenvalue weighted by atomic mass is 9.79. The monoisotopic (exact) mass is 297 g/mol. The number of esters is 1. The van der Waals surface area contributed by atoms with Gasteiger partial charge in [0, 0.05) is 6.61 Å². The minimum Gasteiger partial charge on any atom is -0.465 e. The summed E-state index contributed by atoms with van der Waals surface area (Å²) in [5, 5.41) is 0.934. The molecule has 0 amide bonds. The summed E-state index contributed by atoms with van der Waals surface area (Å²) in [4.78, 5) is 17.0. The predicted molar refractivity (Wildman–Crippen MR) is 79.1 cm³/mol. The third kappa shape index (κ3) is 2.88. The van der Waals surface area contributed by atoms with E-state index in [4.69, 9.17) is 9.47 Å². The van der Waals surface area contributed by atoms with Crippen LogP contribution in [0, 0.1) is 12.8 Å². The summed E-state index contributed by atoms with van der Waals surface area (Å²) in [5.41, 5.74) is 0.442. The lowest BCUT2D eigenvalue weighted by Gasteiger charge is -2.37. The van der Waals surface area contributed by atoms with Crippen molar-refractivity contribution in [3.05, 3.63) is 15.6 Å². The van der Waals surface area contributed by atoms with Gasteiger partial charge in [-0.1, -0.05) is 6.92 Å². The molecule has 0 aliphatic heterocycles. The van der Waals surface area contributed by atoms with Gasteiger partial charge < -0.3 is 9.47 Å². The van der Waals surface area contributed by atoms with E-state index < -0.39 is 0 Å². The molecule has 2 rings (SSSR count). The van der Waals surface area contributed by atoms with Gasteiger partial charge >= 0.3 is 5.97 Å². The average molecular weight is 297 g/mol. The number of methoxy groups -OCH3 is 1. The highest BCUT2D eigenvalue weighted by Gasteiger charge is 2.40. The minimum atomic E-state index is -0.304. The first-order valence-electron chi connectivity index (χ1n) is 7.22. The SMILES string of the molecule is CCOC1(c2nc(C)c(C(=O)OC)s2)CCC(C)CC1. The lowest BCUT2D eigenvalue weighted by molar-refractivity contribution is -0.0776. The van der Waals surface area contributed by atoms with E-state index in [1.165, 1.54) is 18.4 Å². The van der Waals surface area contributed by atoms with Crippen LogP contribution in [0.4, 0.5) is 0 Å². The van der Waals surface area contributed by atoms with Crippen molar-refractivity contribution < 1.29 is 14.3 Å². The van der Waals surface area contributed by atoms with Gasteiger partial charge in [0.1, 0.15) is 15.5 Å². The van der Waals surface area contributed by atoms with Crippen LogP contribution in [0.5, 0.6) is 0 Å². The van der Waals surface area contributed by atoms with Crippen LogP contribution in [0.15, 0.2) is 0 Å². The summed E-state index contributed by atoms with van der Waals surface area (Å²) < 4.78 is 10.9. The normalized spacial score (nSPS) is 26.5. The standard InChI is InChI=1S/C15H23NO3S/c1-5-19-15(8-6-10(2)7-9-15)14-16-11(3)12(20-14)13(17)18-4/h10H,5-9H2,1-4H3. The second kappa shape index (κ2) is 6.22. The van der Waals surface area contributed by atoms with Crippen molar-refractivity contribution in [2.45, 2.75) is 52.1 Å². The summed E-state index contributed by atoms with van der Waals surface area (Å²) in [6.45, 7) is 6.82. The Balaban J connectivity index is 2.33. The Morgan fingerprint density at radius 1 is 1.45 bits per heavy atom. The summed E-state index contributed by atoms with van der Waals surface area (Å²) >= 11 is 1.43. The first kappa shape index (κ1) is 15.4. The van der Waals surface area contributed by atoms with Gasteiger partial charge in [0.2, 0.25) is 0 Å². The van der Waals surface area contributed by atoms with Gasteiger partial charge in [0.25, 0.3) is 0 Å². The van der Waals surface area contributed by atoms with Gasteiger partial charge in [0.15, 0.2) is 0 Å². The number of carbonyl (C=O) groups is 1. The van der Waals surface area contributed by atoms with Crippen LogP contribution in [0.1, 0.15) is 59.9 Å². The number of hydrogen-bond acceptors (Lipinski definition) is 5. The zero-order valence-electron chi connectivity index (χ0n) is 12.7. The number of carbonyl (C=O) groups excluding carboxylic acids is 1. The highest BCUT2D eigenvalue weighted by atomic mass is 32.1. The number of aryl methyl sites for hydroxylation is 1. The van der Waals surface area contributed by atoms with Gasteiger partial charge in [-0.25, -0.2) is 9.78 Å². The molecule has 1 heterocycles. The fraction of sp³-hybridized carbons (Fsp3) is 0.733. The van der Waals surface area contributed by atoms with E-state index in [2.05, 4.69) is 11.9 Å². The van der Waals surface area contributed by atoms with Gasteiger partial charge in [0.05, 0.1) is 12.8 Å².